The van der Waals surface area contributed by atoms with E-state index in [0.717, 1.165) is 24.2 Å². The molecule has 0 unspecified atom stereocenters. The first-order valence-corrected chi connectivity index (χ1v) is 4.24. The molecular formula is C9H14N2O. The molecule has 1 rings (SSSR count). The molecular weight excluding hydrogens is 152 g/mol. The van der Waals surface area contributed by atoms with Crippen molar-refractivity contribution in [3.05, 3.63) is 17.1 Å². The first-order chi connectivity index (χ1) is 5.69. The first kappa shape index (κ1) is 8.97. The van der Waals surface area contributed by atoms with Crippen molar-refractivity contribution >= 4 is 0 Å². The van der Waals surface area contributed by atoms with E-state index in [1.807, 2.05) is 13.8 Å². The molecule has 0 atom stereocenters. The fourth-order valence-corrected chi connectivity index (χ4v) is 1.16. The van der Waals surface area contributed by atoms with Crippen molar-refractivity contribution in [3.8, 4) is 5.88 Å². The Morgan fingerprint density at radius 3 is 2.08 bits per heavy atom. The summed E-state index contributed by atoms with van der Waals surface area (Å²) in [5.41, 5.74) is 2.51. The van der Waals surface area contributed by atoms with E-state index in [2.05, 4.69) is 9.97 Å². The molecule has 0 aliphatic carbocycles. The second-order valence-electron chi connectivity index (χ2n) is 2.73. The monoisotopic (exact) mass is 166 g/mol. The van der Waals surface area contributed by atoms with Crippen LogP contribution in [0, 0.1) is 6.92 Å². The summed E-state index contributed by atoms with van der Waals surface area (Å²) < 4.78 is 0. The zero-order chi connectivity index (χ0) is 9.14. The second-order valence-corrected chi connectivity index (χ2v) is 2.73. The van der Waals surface area contributed by atoms with Crippen LogP contribution in [0.1, 0.15) is 30.9 Å². The van der Waals surface area contributed by atoms with E-state index in [4.69, 9.17) is 0 Å². The fourth-order valence-electron chi connectivity index (χ4n) is 1.16. The Hall–Kier alpha value is -1.12. The van der Waals surface area contributed by atoms with Crippen molar-refractivity contribution in [2.75, 3.05) is 0 Å². The summed E-state index contributed by atoms with van der Waals surface area (Å²) in [4.78, 5) is 8.30. The summed E-state index contributed by atoms with van der Waals surface area (Å²) in [5, 5.41) is 9.28. The molecule has 3 heteroatoms. The highest BCUT2D eigenvalue weighted by Gasteiger charge is 2.06. The molecule has 66 valence electrons. The molecule has 0 saturated carbocycles. The van der Waals surface area contributed by atoms with Gasteiger partial charge in [0, 0.05) is 0 Å². The van der Waals surface area contributed by atoms with Gasteiger partial charge in [-0.05, 0) is 19.8 Å². The van der Waals surface area contributed by atoms with Crippen molar-refractivity contribution in [1.82, 2.24) is 9.97 Å². The van der Waals surface area contributed by atoms with Gasteiger partial charge in [-0.1, -0.05) is 13.8 Å². The van der Waals surface area contributed by atoms with Crippen molar-refractivity contribution in [1.29, 1.82) is 0 Å². The molecule has 0 saturated heterocycles. The van der Waals surface area contributed by atoms with E-state index in [9.17, 15) is 5.11 Å². The van der Waals surface area contributed by atoms with Gasteiger partial charge in [0.05, 0.1) is 17.1 Å². The molecule has 0 aromatic carbocycles. The van der Waals surface area contributed by atoms with Crippen LogP contribution in [0.2, 0.25) is 0 Å². The Morgan fingerprint density at radius 1 is 1.08 bits per heavy atom. The maximum atomic E-state index is 9.28. The van der Waals surface area contributed by atoms with Crippen molar-refractivity contribution in [3.63, 3.8) is 0 Å². The molecule has 1 heterocycles. The normalized spacial score (nSPS) is 10.2. The van der Waals surface area contributed by atoms with Gasteiger partial charge >= 0.3 is 0 Å². The van der Waals surface area contributed by atoms with E-state index < -0.39 is 0 Å². The van der Waals surface area contributed by atoms with Gasteiger partial charge in [-0.15, -0.1) is 0 Å². The third-order valence-electron chi connectivity index (χ3n) is 1.87. The van der Waals surface area contributed by atoms with Crippen LogP contribution >= 0.6 is 0 Å². The Labute approximate surface area is 72.5 Å². The average Bonchev–Trinajstić information content (AvgIpc) is 2.09. The van der Waals surface area contributed by atoms with Gasteiger partial charge in [-0.3, -0.25) is 4.98 Å². The molecule has 3 nitrogen and oxygen atoms in total. The van der Waals surface area contributed by atoms with Crippen molar-refractivity contribution in [2.24, 2.45) is 0 Å². The summed E-state index contributed by atoms with van der Waals surface area (Å²) in [6.45, 7) is 5.82. The summed E-state index contributed by atoms with van der Waals surface area (Å²) >= 11 is 0. The quantitative estimate of drug-likeness (QED) is 0.726. The van der Waals surface area contributed by atoms with E-state index in [-0.39, 0.29) is 5.88 Å². The topological polar surface area (TPSA) is 46.0 Å². The van der Waals surface area contributed by atoms with E-state index >= 15 is 0 Å². The minimum atomic E-state index is 0.0593. The zero-order valence-electron chi connectivity index (χ0n) is 7.76. The fraction of sp³-hybridized carbons (Fsp3) is 0.556. The summed E-state index contributed by atoms with van der Waals surface area (Å²) in [7, 11) is 0. The van der Waals surface area contributed by atoms with Crippen molar-refractivity contribution in [2.45, 2.75) is 33.6 Å². The number of aromatic nitrogens is 2. The lowest BCUT2D eigenvalue weighted by Gasteiger charge is -2.05. The Kier molecular flexibility index (Phi) is 2.63. The highest BCUT2D eigenvalue weighted by atomic mass is 16.3. The standard InChI is InChI=1S/C9H14N2O/c1-4-7-8(5-2)11-9(12)6(3)10-7/h4-5H2,1-3H3,(H,11,12). The second kappa shape index (κ2) is 3.52. The highest BCUT2D eigenvalue weighted by molar-refractivity contribution is 5.22. The average molecular weight is 166 g/mol. The molecule has 0 amide bonds. The van der Waals surface area contributed by atoms with E-state index in [1.54, 1.807) is 6.92 Å². The number of aryl methyl sites for hydroxylation is 3. The van der Waals surface area contributed by atoms with Crippen LogP contribution in [0.3, 0.4) is 0 Å². The highest BCUT2D eigenvalue weighted by Crippen LogP contribution is 2.14. The minimum Gasteiger partial charge on any atom is -0.492 e. The van der Waals surface area contributed by atoms with Crippen LogP contribution in [0.25, 0.3) is 0 Å². The van der Waals surface area contributed by atoms with Crippen LogP contribution < -0.4 is 0 Å². The summed E-state index contributed by atoms with van der Waals surface area (Å²) in [6, 6.07) is 0. The SMILES string of the molecule is CCc1nc(C)c(O)nc1CC. The third kappa shape index (κ3) is 1.55. The van der Waals surface area contributed by atoms with Crippen LogP contribution in [0.4, 0.5) is 0 Å². The van der Waals surface area contributed by atoms with Crippen LogP contribution in [0.15, 0.2) is 0 Å². The Morgan fingerprint density at radius 2 is 1.58 bits per heavy atom. The molecule has 1 aromatic rings. The smallest absolute Gasteiger partial charge is 0.233 e. The molecule has 0 spiro atoms. The van der Waals surface area contributed by atoms with Crippen LogP contribution in [-0.4, -0.2) is 15.1 Å². The van der Waals surface area contributed by atoms with Gasteiger partial charge in [0.2, 0.25) is 5.88 Å². The number of nitrogens with zero attached hydrogens (tertiary/aromatic N) is 2. The summed E-state index contributed by atoms with van der Waals surface area (Å²) in [5.74, 6) is 0.0593. The lowest BCUT2D eigenvalue weighted by Crippen LogP contribution is -2.01. The van der Waals surface area contributed by atoms with Crippen LogP contribution in [-0.2, 0) is 12.8 Å². The number of hydrogen-bond acceptors (Lipinski definition) is 3. The van der Waals surface area contributed by atoms with Crippen LogP contribution in [0.5, 0.6) is 5.88 Å². The predicted molar refractivity (Wildman–Crippen MR) is 47.2 cm³/mol. The van der Waals surface area contributed by atoms with E-state index in [0.29, 0.717) is 5.69 Å². The van der Waals surface area contributed by atoms with Gasteiger partial charge in [0.15, 0.2) is 0 Å². The molecule has 0 aliphatic heterocycles. The molecule has 12 heavy (non-hydrogen) atoms. The van der Waals surface area contributed by atoms with Gasteiger partial charge in [-0.25, -0.2) is 4.98 Å². The van der Waals surface area contributed by atoms with Crippen molar-refractivity contribution < 1.29 is 5.11 Å². The molecule has 1 aromatic heterocycles. The summed E-state index contributed by atoms with van der Waals surface area (Å²) in [6.07, 6.45) is 1.70. The van der Waals surface area contributed by atoms with Gasteiger partial charge in [0.25, 0.3) is 0 Å². The van der Waals surface area contributed by atoms with Gasteiger partial charge in [-0.2, -0.15) is 0 Å². The number of aromatic hydroxyl groups is 1. The third-order valence-corrected chi connectivity index (χ3v) is 1.87. The first-order valence-electron chi connectivity index (χ1n) is 4.24. The molecule has 0 fully saturated rings. The molecule has 0 radical (unpaired) electrons. The molecule has 0 bridgehead atoms. The zero-order valence-corrected chi connectivity index (χ0v) is 7.76. The van der Waals surface area contributed by atoms with Gasteiger partial charge < -0.3 is 5.11 Å². The number of rotatable bonds is 2. The molecule has 1 N–H and O–H groups in total. The lowest BCUT2D eigenvalue weighted by atomic mass is 10.2. The maximum Gasteiger partial charge on any atom is 0.233 e. The Balaban J connectivity index is 3.19. The van der Waals surface area contributed by atoms with E-state index in [1.165, 1.54) is 0 Å². The largest absolute Gasteiger partial charge is 0.492 e. The Bertz CT molecular complexity index is 255. The predicted octanol–water partition coefficient (Wildman–Crippen LogP) is 1.62. The lowest BCUT2D eigenvalue weighted by molar-refractivity contribution is 0.441. The maximum absolute atomic E-state index is 9.28. The molecule has 0 aliphatic rings. The minimum absolute atomic E-state index is 0.0593. The number of hydrogen-bond donors (Lipinski definition) is 1. The van der Waals surface area contributed by atoms with Gasteiger partial charge in [0.1, 0.15) is 0 Å².